The zero-order valence-corrected chi connectivity index (χ0v) is 10.1. The Hall–Kier alpha value is -2.29. The molecule has 0 amide bonds. The van der Waals surface area contributed by atoms with Crippen LogP contribution < -0.4 is 11.1 Å². The second-order valence-corrected chi connectivity index (χ2v) is 4.33. The van der Waals surface area contributed by atoms with Crippen molar-refractivity contribution in [2.75, 3.05) is 18.8 Å². The van der Waals surface area contributed by atoms with Gasteiger partial charge in [0, 0.05) is 17.8 Å². The number of aliphatic imine (C=N–C) groups is 1. The smallest absolute Gasteiger partial charge is 0.129 e. The number of nitrogen functional groups attached to an aromatic ring is 1. The van der Waals surface area contributed by atoms with Gasteiger partial charge in [-0.1, -0.05) is 36.4 Å². The van der Waals surface area contributed by atoms with Crippen LogP contribution in [0, 0.1) is 0 Å². The number of benzene rings is 2. The minimum Gasteiger partial charge on any atom is -0.399 e. The van der Waals surface area contributed by atoms with Crippen molar-refractivity contribution in [3.8, 4) is 11.1 Å². The standard InChI is InChI=1S/C15H15N3/c16-12-5-3-4-11(10-12)13-6-1-2-7-14(13)15-17-8-9-18-15/h1-7,10H,8-9,16H2,(H,17,18). The van der Waals surface area contributed by atoms with E-state index in [1.54, 1.807) is 0 Å². The van der Waals surface area contributed by atoms with Crippen molar-refractivity contribution in [3.05, 3.63) is 54.1 Å². The van der Waals surface area contributed by atoms with E-state index in [4.69, 9.17) is 5.73 Å². The molecule has 3 rings (SSSR count). The van der Waals surface area contributed by atoms with Crippen molar-refractivity contribution in [1.29, 1.82) is 0 Å². The normalized spacial score (nSPS) is 14.1. The van der Waals surface area contributed by atoms with Crippen molar-refractivity contribution in [3.63, 3.8) is 0 Å². The lowest BCUT2D eigenvalue weighted by Gasteiger charge is -2.10. The monoisotopic (exact) mass is 237 g/mol. The highest BCUT2D eigenvalue weighted by Gasteiger charge is 2.13. The Morgan fingerprint density at radius 3 is 2.56 bits per heavy atom. The highest BCUT2D eigenvalue weighted by Crippen LogP contribution is 2.25. The van der Waals surface area contributed by atoms with Gasteiger partial charge in [0.25, 0.3) is 0 Å². The molecule has 0 unspecified atom stereocenters. The first kappa shape index (κ1) is 10.8. The Bertz CT molecular complexity index is 602. The van der Waals surface area contributed by atoms with Gasteiger partial charge >= 0.3 is 0 Å². The van der Waals surface area contributed by atoms with Crippen LogP contribution in [0.2, 0.25) is 0 Å². The first-order chi connectivity index (χ1) is 8.84. The van der Waals surface area contributed by atoms with Crippen LogP contribution in [0.25, 0.3) is 11.1 Å². The molecule has 0 bridgehead atoms. The van der Waals surface area contributed by atoms with E-state index in [0.717, 1.165) is 41.3 Å². The van der Waals surface area contributed by atoms with E-state index in [9.17, 15) is 0 Å². The summed E-state index contributed by atoms with van der Waals surface area (Å²) in [4.78, 5) is 4.49. The third-order valence-corrected chi connectivity index (χ3v) is 3.05. The topological polar surface area (TPSA) is 50.4 Å². The van der Waals surface area contributed by atoms with Gasteiger partial charge in [-0.15, -0.1) is 0 Å². The minimum absolute atomic E-state index is 0.781. The number of nitrogens with zero attached hydrogens (tertiary/aromatic N) is 1. The maximum atomic E-state index is 5.85. The summed E-state index contributed by atoms with van der Waals surface area (Å²) in [5, 5.41) is 3.32. The predicted molar refractivity (Wildman–Crippen MR) is 75.7 cm³/mol. The van der Waals surface area contributed by atoms with E-state index in [-0.39, 0.29) is 0 Å². The molecule has 2 aromatic carbocycles. The molecule has 90 valence electrons. The molecule has 0 atom stereocenters. The first-order valence-corrected chi connectivity index (χ1v) is 6.08. The van der Waals surface area contributed by atoms with Crippen LogP contribution in [0.3, 0.4) is 0 Å². The Labute approximate surface area is 106 Å². The Kier molecular flexibility index (Phi) is 2.73. The van der Waals surface area contributed by atoms with E-state index in [0.29, 0.717) is 0 Å². The molecule has 0 saturated heterocycles. The summed E-state index contributed by atoms with van der Waals surface area (Å²) in [6.07, 6.45) is 0. The lowest BCUT2D eigenvalue weighted by molar-refractivity contribution is 0.960. The van der Waals surface area contributed by atoms with Gasteiger partial charge in [0.1, 0.15) is 5.84 Å². The second kappa shape index (κ2) is 4.53. The third-order valence-electron chi connectivity index (χ3n) is 3.05. The van der Waals surface area contributed by atoms with E-state index >= 15 is 0 Å². The lowest BCUT2D eigenvalue weighted by Crippen LogP contribution is -2.20. The van der Waals surface area contributed by atoms with Crippen LogP contribution in [-0.4, -0.2) is 18.9 Å². The van der Waals surface area contributed by atoms with E-state index in [2.05, 4.69) is 28.5 Å². The van der Waals surface area contributed by atoms with Crippen molar-refractivity contribution >= 4 is 11.5 Å². The quantitative estimate of drug-likeness (QED) is 0.787. The third kappa shape index (κ3) is 1.95. The summed E-state index contributed by atoms with van der Waals surface area (Å²) in [7, 11) is 0. The number of hydrogen-bond acceptors (Lipinski definition) is 3. The van der Waals surface area contributed by atoms with Gasteiger partial charge in [-0.3, -0.25) is 4.99 Å². The van der Waals surface area contributed by atoms with Crippen LogP contribution in [0.1, 0.15) is 5.56 Å². The van der Waals surface area contributed by atoms with Crippen molar-refractivity contribution in [2.24, 2.45) is 4.99 Å². The second-order valence-electron chi connectivity index (χ2n) is 4.33. The molecule has 1 aliphatic rings. The van der Waals surface area contributed by atoms with Crippen LogP contribution in [0.4, 0.5) is 5.69 Å². The summed E-state index contributed by atoms with van der Waals surface area (Å²) in [6, 6.07) is 16.2. The molecule has 0 fully saturated rings. The largest absolute Gasteiger partial charge is 0.399 e. The fourth-order valence-corrected chi connectivity index (χ4v) is 2.23. The highest BCUT2D eigenvalue weighted by molar-refractivity contribution is 6.05. The number of nitrogens with two attached hydrogens (primary N) is 1. The molecular formula is C15H15N3. The van der Waals surface area contributed by atoms with Gasteiger partial charge in [-0.25, -0.2) is 0 Å². The Morgan fingerprint density at radius 1 is 1.00 bits per heavy atom. The number of nitrogens with one attached hydrogen (secondary N) is 1. The molecule has 3 N–H and O–H groups in total. The number of amidine groups is 1. The molecule has 3 heteroatoms. The summed E-state index contributed by atoms with van der Waals surface area (Å²) < 4.78 is 0. The number of hydrogen-bond donors (Lipinski definition) is 2. The maximum Gasteiger partial charge on any atom is 0.129 e. The maximum absolute atomic E-state index is 5.85. The summed E-state index contributed by atoms with van der Waals surface area (Å²) >= 11 is 0. The molecule has 0 radical (unpaired) electrons. The average Bonchev–Trinajstić information content (AvgIpc) is 2.92. The van der Waals surface area contributed by atoms with Crippen LogP contribution in [0.5, 0.6) is 0 Å². The van der Waals surface area contributed by atoms with Gasteiger partial charge in [0.15, 0.2) is 0 Å². The molecule has 2 aromatic rings. The Morgan fingerprint density at radius 2 is 1.83 bits per heavy atom. The van der Waals surface area contributed by atoms with E-state index in [1.165, 1.54) is 0 Å². The molecule has 3 nitrogen and oxygen atoms in total. The van der Waals surface area contributed by atoms with Gasteiger partial charge in [-0.2, -0.15) is 0 Å². The molecular weight excluding hydrogens is 222 g/mol. The first-order valence-electron chi connectivity index (χ1n) is 6.08. The fourth-order valence-electron chi connectivity index (χ4n) is 2.23. The predicted octanol–water partition coefficient (Wildman–Crippen LogP) is 2.29. The van der Waals surface area contributed by atoms with Gasteiger partial charge in [0.05, 0.1) is 6.54 Å². The molecule has 18 heavy (non-hydrogen) atoms. The lowest BCUT2D eigenvalue weighted by atomic mass is 9.98. The number of rotatable bonds is 2. The number of anilines is 1. The molecule has 0 spiro atoms. The van der Waals surface area contributed by atoms with Crippen LogP contribution in [0.15, 0.2) is 53.5 Å². The summed E-state index contributed by atoms with van der Waals surface area (Å²) in [6.45, 7) is 1.77. The molecule has 0 aliphatic carbocycles. The van der Waals surface area contributed by atoms with Crippen LogP contribution >= 0.6 is 0 Å². The SMILES string of the molecule is Nc1cccc(-c2ccccc2C2=NCCN2)c1. The molecule has 1 aliphatic heterocycles. The summed E-state index contributed by atoms with van der Waals surface area (Å²) in [5.74, 6) is 0.980. The van der Waals surface area contributed by atoms with Gasteiger partial charge < -0.3 is 11.1 Å². The van der Waals surface area contributed by atoms with Gasteiger partial charge in [0.2, 0.25) is 0 Å². The molecule has 1 heterocycles. The van der Waals surface area contributed by atoms with E-state index < -0.39 is 0 Å². The van der Waals surface area contributed by atoms with Crippen LogP contribution in [-0.2, 0) is 0 Å². The average molecular weight is 237 g/mol. The Balaban J connectivity index is 2.12. The van der Waals surface area contributed by atoms with Crippen molar-refractivity contribution < 1.29 is 0 Å². The fraction of sp³-hybridized carbons (Fsp3) is 0.133. The summed E-state index contributed by atoms with van der Waals surface area (Å²) in [5.41, 5.74) is 10.1. The zero-order valence-electron chi connectivity index (χ0n) is 10.1. The minimum atomic E-state index is 0.781. The van der Waals surface area contributed by atoms with Crippen molar-refractivity contribution in [2.45, 2.75) is 0 Å². The molecule has 0 aromatic heterocycles. The van der Waals surface area contributed by atoms with E-state index in [1.807, 2.05) is 30.3 Å². The zero-order chi connectivity index (χ0) is 12.4. The van der Waals surface area contributed by atoms with Gasteiger partial charge in [-0.05, 0) is 23.3 Å². The molecule has 0 saturated carbocycles. The highest BCUT2D eigenvalue weighted by atomic mass is 15.1. The van der Waals surface area contributed by atoms with Crippen molar-refractivity contribution in [1.82, 2.24) is 5.32 Å².